The molecule has 1 saturated heterocycles. The Bertz CT molecular complexity index is 1330. The van der Waals surface area contributed by atoms with Crippen LogP contribution in [0.5, 0.6) is 0 Å². The minimum absolute atomic E-state index is 0.0320. The molecule has 10 nitrogen and oxygen atoms in total. The van der Waals surface area contributed by atoms with Crippen molar-refractivity contribution >= 4 is 29.4 Å². The maximum atomic E-state index is 13.9. The fraction of sp³-hybridized carbons (Fsp3) is 0.553. The lowest BCUT2D eigenvalue weighted by molar-refractivity contribution is -0.141. The second-order valence-corrected chi connectivity index (χ2v) is 13.7. The van der Waals surface area contributed by atoms with Gasteiger partial charge in [0, 0.05) is 44.2 Å². The van der Waals surface area contributed by atoms with E-state index in [9.17, 15) is 24.0 Å². The van der Waals surface area contributed by atoms with Crippen LogP contribution in [0.15, 0.2) is 60.7 Å². The molecule has 10 heteroatoms. The normalized spacial score (nSPS) is 16.1. The van der Waals surface area contributed by atoms with Crippen molar-refractivity contribution in [1.82, 2.24) is 10.2 Å². The molecule has 0 radical (unpaired) electrons. The summed E-state index contributed by atoms with van der Waals surface area (Å²) in [7, 11) is 0. The van der Waals surface area contributed by atoms with Crippen LogP contribution in [0, 0.1) is 23.7 Å². The number of ketones is 2. The van der Waals surface area contributed by atoms with Crippen LogP contribution in [0.2, 0.25) is 0 Å². The summed E-state index contributed by atoms with van der Waals surface area (Å²) in [5.41, 5.74) is 13.9. The molecule has 2 aromatic rings. The predicted molar refractivity (Wildman–Crippen MR) is 186 cm³/mol. The number of piperidine rings is 1. The summed E-state index contributed by atoms with van der Waals surface area (Å²) < 4.78 is 0. The molecule has 262 valence electrons. The molecule has 1 aliphatic rings. The Kier molecular flexibility index (Phi) is 15.9. The van der Waals surface area contributed by atoms with Crippen LogP contribution in [0.3, 0.4) is 0 Å². The molecule has 4 atom stereocenters. The van der Waals surface area contributed by atoms with Gasteiger partial charge in [-0.2, -0.15) is 0 Å². The van der Waals surface area contributed by atoms with Crippen LogP contribution in [0.1, 0.15) is 76.3 Å². The van der Waals surface area contributed by atoms with E-state index < -0.39 is 29.9 Å². The van der Waals surface area contributed by atoms with Gasteiger partial charge in [0.15, 0.2) is 11.6 Å². The van der Waals surface area contributed by atoms with E-state index in [-0.39, 0.29) is 54.5 Å². The molecule has 0 saturated carbocycles. The van der Waals surface area contributed by atoms with Crippen LogP contribution in [-0.2, 0) is 36.8 Å². The lowest BCUT2D eigenvalue weighted by atomic mass is 9.87. The average Bonchev–Trinajstić information content (AvgIpc) is 3.06. The zero-order valence-electron chi connectivity index (χ0n) is 28.5. The number of likely N-dealkylation sites (tertiary alicyclic amines) is 1. The molecular formula is C38H54N4O6. The maximum Gasteiger partial charge on any atom is 0.303 e. The topological polar surface area (TPSA) is 173 Å². The van der Waals surface area contributed by atoms with E-state index in [4.69, 9.17) is 16.6 Å². The van der Waals surface area contributed by atoms with E-state index in [1.165, 1.54) is 0 Å². The highest BCUT2D eigenvalue weighted by atomic mass is 16.4. The maximum absolute atomic E-state index is 13.9. The molecule has 1 aliphatic heterocycles. The Hall–Kier alpha value is -3.89. The number of Topliss-reactive ketones (excluding diaryl/α,β-unsaturated/α-hetero) is 2. The standard InChI is InChI=1S/C38H54N4O6/c1-26(2)20-33(35(44)24-30(14-9-17-39)38(48)42-18-15-29(16-19-42)23-36(45)46)41-37(47)31(21-27-10-5-3-6-11-27)25-34(43)32(40)22-28-12-7-4-8-13-28/h3-8,10-13,26,29-33H,9,14-25,39-40H2,1-2H3,(H,41,47)(H,45,46)/t30-,31-,32+,33+/m0/s1. The lowest BCUT2D eigenvalue weighted by Crippen LogP contribution is -2.48. The number of nitrogens with two attached hydrogens (primary N) is 2. The second-order valence-electron chi connectivity index (χ2n) is 13.7. The first-order valence-electron chi connectivity index (χ1n) is 17.4. The summed E-state index contributed by atoms with van der Waals surface area (Å²) in [4.78, 5) is 67.7. The predicted octanol–water partition coefficient (Wildman–Crippen LogP) is 3.93. The van der Waals surface area contributed by atoms with Crippen molar-refractivity contribution in [2.75, 3.05) is 19.6 Å². The van der Waals surface area contributed by atoms with Crippen molar-refractivity contribution < 1.29 is 29.1 Å². The number of carbonyl (C=O) groups excluding carboxylic acids is 4. The third kappa shape index (κ3) is 13.0. The largest absolute Gasteiger partial charge is 0.481 e. The highest BCUT2D eigenvalue weighted by molar-refractivity contribution is 5.94. The first-order chi connectivity index (χ1) is 23.0. The molecule has 1 heterocycles. The van der Waals surface area contributed by atoms with E-state index in [0.717, 1.165) is 11.1 Å². The highest BCUT2D eigenvalue weighted by Gasteiger charge is 2.34. The molecule has 0 unspecified atom stereocenters. The van der Waals surface area contributed by atoms with Gasteiger partial charge >= 0.3 is 5.97 Å². The molecule has 6 N–H and O–H groups in total. The fourth-order valence-corrected chi connectivity index (χ4v) is 6.49. The van der Waals surface area contributed by atoms with Gasteiger partial charge < -0.3 is 26.8 Å². The summed E-state index contributed by atoms with van der Waals surface area (Å²) in [5.74, 6) is -2.99. The Morgan fingerprint density at radius 2 is 1.42 bits per heavy atom. The number of hydrogen-bond acceptors (Lipinski definition) is 7. The third-order valence-electron chi connectivity index (χ3n) is 9.21. The van der Waals surface area contributed by atoms with E-state index in [1.807, 2.05) is 74.5 Å². The highest BCUT2D eigenvalue weighted by Crippen LogP contribution is 2.25. The molecule has 3 rings (SSSR count). The molecule has 2 amide bonds. The Balaban J connectivity index is 1.73. The van der Waals surface area contributed by atoms with Crippen LogP contribution in [0.25, 0.3) is 0 Å². The van der Waals surface area contributed by atoms with Crippen molar-refractivity contribution in [3.63, 3.8) is 0 Å². The summed E-state index contributed by atoms with van der Waals surface area (Å²) in [6.07, 6.45) is 3.30. The lowest BCUT2D eigenvalue weighted by Gasteiger charge is -2.34. The fourth-order valence-electron chi connectivity index (χ4n) is 6.49. The van der Waals surface area contributed by atoms with E-state index in [1.54, 1.807) is 4.90 Å². The quantitative estimate of drug-likeness (QED) is 0.165. The van der Waals surface area contributed by atoms with Crippen LogP contribution >= 0.6 is 0 Å². The van der Waals surface area contributed by atoms with E-state index in [2.05, 4.69) is 5.32 Å². The van der Waals surface area contributed by atoms with Gasteiger partial charge in [0.05, 0.1) is 12.1 Å². The first-order valence-corrected chi connectivity index (χ1v) is 17.4. The summed E-state index contributed by atoms with van der Waals surface area (Å²) in [6.45, 7) is 5.23. The zero-order valence-corrected chi connectivity index (χ0v) is 28.5. The number of benzene rings is 2. The van der Waals surface area contributed by atoms with Gasteiger partial charge in [-0.25, -0.2) is 0 Å². The van der Waals surface area contributed by atoms with Crippen molar-refractivity contribution in [3.8, 4) is 0 Å². The van der Waals surface area contributed by atoms with Gasteiger partial charge in [-0.3, -0.25) is 24.0 Å². The van der Waals surface area contributed by atoms with E-state index >= 15 is 0 Å². The average molecular weight is 663 g/mol. The van der Waals surface area contributed by atoms with Gasteiger partial charge in [-0.05, 0) is 74.5 Å². The number of carboxylic acid groups (broad SMARTS) is 1. The summed E-state index contributed by atoms with van der Waals surface area (Å²) >= 11 is 0. The number of rotatable bonds is 20. The Morgan fingerprint density at radius 3 is 1.96 bits per heavy atom. The van der Waals surface area contributed by atoms with Crippen LogP contribution in [-0.4, -0.2) is 71.1 Å². The molecule has 0 bridgehead atoms. The SMILES string of the molecule is CC(C)C[C@@H](NC(=O)[C@H](CC(=O)[C@H](N)Cc1ccccc1)Cc1ccccc1)C(=O)C[C@H](CCCN)C(=O)N1CCC(CC(=O)O)CC1. The van der Waals surface area contributed by atoms with Crippen LogP contribution in [0.4, 0.5) is 0 Å². The molecule has 0 aromatic heterocycles. The minimum Gasteiger partial charge on any atom is -0.481 e. The van der Waals surface area contributed by atoms with Gasteiger partial charge in [0.1, 0.15) is 0 Å². The van der Waals surface area contributed by atoms with Gasteiger partial charge in [-0.15, -0.1) is 0 Å². The van der Waals surface area contributed by atoms with Crippen molar-refractivity contribution in [2.24, 2.45) is 35.1 Å². The molecular weight excluding hydrogens is 608 g/mol. The molecule has 2 aromatic carbocycles. The second kappa shape index (κ2) is 19.8. The smallest absolute Gasteiger partial charge is 0.303 e. The third-order valence-corrected chi connectivity index (χ3v) is 9.21. The molecule has 48 heavy (non-hydrogen) atoms. The number of aliphatic carboxylic acids is 1. The molecule has 1 fully saturated rings. The van der Waals surface area contributed by atoms with Crippen molar-refractivity contribution in [3.05, 3.63) is 71.8 Å². The van der Waals surface area contributed by atoms with Crippen molar-refractivity contribution in [1.29, 1.82) is 0 Å². The van der Waals surface area contributed by atoms with E-state index in [0.29, 0.717) is 64.6 Å². The van der Waals surface area contributed by atoms with Crippen molar-refractivity contribution in [2.45, 2.75) is 90.1 Å². The number of carboxylic acids is 1. The minimum atomic E-state index is -0.838. The summed E-state index contributed by atoms with van der Waals surface area (Å²) in [6, 6.07) is 17.4. The first kappa shape index (κ1) is 38.6. The number of carbonyl (C=O) groups is 5. The Labute approximate surface area is 285 Å². The monoisotopic (exact) mass is 662 g/mol. The molecule has 0 spiro atoms. The van der Waals surface area contributed by atoms with Gasteiger partial charge in [-0.1, -0.05) is 74.5 Å². The number of amides is 2. The number of nitrogens with zero attached hydrogens (tertiary/aromatic N) is 1. The number of nitrogens with one attached hydrogen (secondary N) is 1. The number of hydrogen-bond donors (Lipinski definition) is 4. The van der Waals surface area contributed by atoms with Crippen LogP contribution < -0.4 is 16.8 Å². The Morgan fingerprint density at radius 1 is 0.854 bits per heavy atom. The zero-order chi connectivity index (χ0) is 35.1. The van der Waals surface area contributed by atoms with Gasteiger partial charge in [0.25, 0.3) is 0 Å². The molecule has 0 aliphatic carbocycles. The summed E-state index contributed by atoms with van der Waals surface area (Å²) in [5, 5.41) is 12.1. The van der Waals surface area contributed by atoms with Gasteiger partial charge in [0.2, 0.25) is 11.8 Å².